The van der Waals surface area contributed by atoms with Crippen LogP contribution in [0.25, 0.3) is 6.08 Å². The number of aryl methyl sites for hydroxylation is 1. The molecule has 140 valence electrons. The van der Waals surface area contributed by atoms with E-state index in [1.165, 1.54) is 0 Å². The molecule has 0 unspecified atom stereocenters. The van der Waals surface area contributed by atoms with E-state index < -0.39 is 0 Å². The van der Waals surface area contributed by atoms with Gasteiger partial charge in [0.1, 0.15) is 18.2 Å². The number of carbonyl (C=O) groups excluding carboxylic acids is 1. The highest BCUT2D eigenvalue weighted by Gasteiger charge is 2.33. The van der Waals surface area contributed by atoms with Crippen LogP contribution in [0.1, 0.15) is 32.1 Å². The second kappa shape index (κ2) is 6.89. The average Bonchev–Trinajstić information content (AvgIpc) is 3.26. The zero-order chi connectivity index (χ0) is 19.1. The second-order valence-corrected chi connectivity index (χ2v) is 7.86. The summed E-state index contributed by atoms with van der Waals surface area (Å²) in [7, 11) is 0. The maximum Gasteiger partial charge on any atom is 0.232 e. The molecule has 0 bridgehead atoms. The van der Waals surface area contributed by atoms with Gasteiger partial charge in [-0.1, -0.05) is 6.07 Å². The average molecular weight is 390 g/mol. The van der Waals surface area contributed by atoms with Gasteiger partial charge in [0, 0.05) is 30.2 Å². The lowest BCUT2D eigenvalue weighted by Gasteiger charge is -2.29. The van der Waals surface area contributed by atoms with Crippen LogP contribution in [0.5, 0.6) is 11.5 Å². The monoisotopic (exact) mass is 390 g/mol. The first-order valence-corrected chi connectivity index (χ1v) is 9.96. The molecule has 4 heterocycles. The van der Waals surface area contributed by atoms with Gasteiger partial charge >= 0.3 is 0 Å². The van der Waals surface area contributed by atoms with Crippen LogP contribution in [0, 0.1) is 6.92 Å². The minimum absolute atomic E-state index is 0.0764. The van der Waals surface area contributed by atoms with Crippen molar-refractivity contribution >= 4 is 23.2 Å². The highest BCUT2D eigenvalue weighted by molar-refractivity contribution is 7.11. The van der Waals surface area contributed by atoms with Crippen molar-refractivity contribution in [2.75, 3.05) is 6.73 Å². The fraction of sp³-hybridized carbons (Fsp3) is 0.182. The minimum atomic E-state index is -0.0764. The normalized spacial score (nSPS) is 17.2. The van der Waals surface area contributed by atoms with E-state index in [2.05, 4.69) is 9.88 Å². The van der Waals surface area contributed by atoms with Crippen molar-refractivity contribution < 1.29 is 14.3 Å². The molecule has 6 heteroatoms. The number of nitrogens with zero attached hydrogens (tertiary/aromatic N) is 2. The van der Waals surface area contributed by atoms with Crippen LogP contribution in [-0.2, 0) is 13.1 Å². The number of ether oxygens (including phenoxy) is 2. The van der Waals surface area contributed by atoms with Gasteiger partial charge in [-0.15, -0.1) is 11.3 Å². The number of aromatic nitrogens is 1. The summed E-state index contributed by atoms with van der Waals surface area (Å²) in [6.45, 7) is 3.83. The van der Waals surface area contributed by atoms with Gasteiger partial charge in [0.15, 0.2) is 5.76 Å². The highest BCUT2D eigenvalue weighted by Crippen LogP contribution is 2.42. The van der Waals surface area contributed by atoms with E-state index in [0.717, 1.165) is 27.4 Å². The number of ketones is 1. The topological polar surface area (TPSA) is 51.7 Å². The lowest BCUT2D eigenvalue weighted by Crippen LogP contribution is -2.32. The molecule has 2 aliphatic heterocycles. The summed E-state index contributed by atoms with van der Waals surface area (Å²) in [5.41, 5.74) is 3.63. The molecule has 0 saturated heterocycles. The molecule has 0 amide bonds. The van der Waals surface area contributed by atoms with Crippen LogP contribution in [-0.4, -0.2) is 22.4 Å². The Morgan fingerprint density at radius 3 is 2.96 bits per heavy atom. The Bertz CT molecular complexity index is 1090. The number of pyridine rings is 1. The van der Waals surface area contributed by atoms with E-state index in [1.54, 1.807) is 23.6 Å². The molecule has 0 aliphatic carbocycles. The predicted molar refractivity (Wildman–Crippen MR) is 107 cm³/mol. The number of hydrogen-bond acceptors (Lipinski definition) is 6. The van der Waals surface area contributed by atoms with Crippen LogP contribution in [0.3, 0.4) is 0 Å². The van der Waals surface area contributed by atoms with Crippen molar-refractivity contribution in [1.82, 2.24) is 9.88 Å². The summed E-state index contributed by atoms with van der Waals surface area (Å²) in [5, 5.41) is 2.01. The quantitative estimate of drug-likeness (QED) is 0.620. The lowest BCUT2D eigenvalue weighted by atomic mass is 10.0. The molecular weight excluding hydrogens is 372 g/mol. The van der Waals surface area contributed by atoms with Crippen molar-refractivity contribution in [2.24, 2.45) is 0 Å². The SMILES string of the molecule is Cc1ccsc1/C=C1\Oc2c(ccc3c2CN(Cc2ccccn2)CO3)C1=O. The van der Waals surface area contributed by atoms with Crippen molar-refractivity contribution in [2.45, 2.75) is 20.0 Å². The Hall–Kier alpha value is -2.96. The molecule has 28 heavy (non-hydrogen) atoms. The van der Waals surface area contributed by atoms with Crippen molar-refractivity contribution in [3.05, 3.63) is 81.0 Å². The molecule has 5 rings (SSSR count). The highest BCUT2D eigenvalue weighted by atomic mass is 32.1. The van der Waals surface area contributed by atoms with E-state index in [0.29, 0.717) is 36.9 Å². The van der Waals surface area contributed by atoms with Crippen LogP contribution in [0.4, 0.5) is 0 Å². The summed E-state index contributed by atoms with van der Waals surface area (Å²) in [6, 6.07) is 11.6. The number of hydrogen-bond donors (Lipinski definition) is 0. The predicted octanol–water partition coefficient (Wildman–Crippen LogP) is 4.42. The third kappa shape index (κ3) is 3.00. The molecule has 0 spiro atoms. The van der Waals surface area contributed by atoms with E-state index in [4.69, 9.17) is 9.47 Å². The third-order valence-corrected chi connectivity index (χ3v) is 5.92. The van der Waals surface area contributed by atoms with Gasteiger partial charge in [-0.2, -0.15) is 0 Å². The Kier molecular flexibility index (Phi) is 4.22. The second-order valence-electron chi connectivity index (χ2n) is 6.91. The van der Waals surface area contributed by atoms with Crippen molar-refractivity contribution in [1.29, 1.82) is 0 Å². The molecule has 0 radical (unpaired) electrons. The number of thiophene rings is 1. The van der Waals surface area contributed by atoms with Gasteiger partial charge in [-0.05, 0) is 48.2 Å². The summed E-state index contributed by atoms with van der Waals surface area (Å²) >= 11 is 1.60. The summed E-state index contributed by atoms with van der Waals surface area (Å²) in [6.07, 6.45) is 3.63. The zero-order valence-corrected chi connectivity index (χ0v) is 16.2. The first-order valence-electron chi connectivity index (χ1n) is 9.08. The van der Waals surface area contributed by atoms with Crippen molar-refractivity contribution in [3.63, 3.8) is 0 Å². The summed E-state index contributed by atoms with van der Waals surface area (Å²) in [5.74, 6) is 1.69. The van der Waals surface area contributed by atoms with Crippen LogP contribution >= 0.6 is 11.3 Å². The van der Waals surface area contributed by atoms with Gasteiger partial charge in [0.05, 0.1) is 16.8 Å². The van der Waals surface area contributed by atoms with E-state index in [-0.39, 0.29) is 5.78 Å². The molecule has 0 fully saturated rings. The number of benzene rings is 1. The smallest absolute Gasteiger partial charge is 0.232 e. The van der Waals surface area contributed by atoms with E-state index in [1.807, 2.05) is 48.7 Å². The van der Waals surface area contributed by atoms with Crippen LogP contribution in [0.15, 0.2) is 53.7 Å². The third-order valence-electron chi connectivity index (χ3n) is 4.96. The largest absolute Gasteiger partial charge is 0.478 e. The van der Waals surface area contributed by atoms with Gasteiger partial charge in [0.2, 0.25) is 5.78 Å². The van der Waals surface area contributed by atoms with E-state index in [9.17, 15) is 4.79 Å². The molecular formula is C22H18N2O3S. The van der Waals surface area contributed by atoms with Crippen molar-refractivity contribution in [3.8, 4) is 11.5 Å². The molecule has 0 saturated carbocycles. The Labute approximate surface area is 166 Å². The number of fused-ring (bicyclic) bond motifs is 3. The van der Waals surface area contributed by atoms with Gasteiger partial charge in [-0.25, -0.2) is 0 Å². The molecule has 2 aliphatic rings. The molecule has 0 atom stereocenters. The first kappa shape index (κ1) is 17.2. The van der Waals surface area contributed by atoms with Gasteiger partial charge in [-0.3, -0.25) is 14.7 Å². The Morgan fingerprint density at radius 1 is 1.25 bits per heavy atom. The molecule has 2 aromatic heterocycles. The summed E-state index contributed by atoms with van der Waals surface area (Å²) < 4.78 is 12.0. The molecule has 5 nitrogen and oxygen atoms in total. The zero-order valence-electron chi connectivity index (χ0n) is 15.3. The fourth-order valence-electron chi connectivity index (χ4n) is 3.48. The maximum absolute atomic E-state index is 12.8. The Morgan fingerprint density at radius 2 is 2.18 bits per heavy atom. The number of allylic oxidation sites excluding steroid dienone is 1. The maximum atomic E-state index is 12.8. The van der Waals surface area contributed by atoms with E-state index >= 15 is 0 Å². The fourth-order valence-corrected chi connectivity index (χ4v) is 4.33. The number of carbonyl (C=O) groups is 1. The van der Waals surface area contributed by atoms with Gasteiger partial charge in [0.25, 0.3) is 0 Å². The lowest BCUT2D eigenvalue weighted by molar-refractivity contribution is 0.0861. The summed E-state index contributed by atoms with van der Waals surface area (Å²) in [4.78, 5) is 20.4. The molecule has 0 N–H and O–H groups in total. The molecule has 3 aromatic rings. The molecule has 1 aromatic carbocycles. The first-order chi connectivity index (χ1) is 13.7. The van der Waals surface area contributed by atoms with Crippen LogP contribution < -0.4 is 9.47 Å². The Balaban J connectivity index is 1.45. The van der Waals surface area contributed by atoms with Crippen LogP contribution in [0.2, 0.25) is 0 Å². The number of rotatable bonds is 3. The number of Topliss-reactive ketones (excluding diaryl/α,β-unsaturated/α-hetero) is 1. The minimum Gasteiger partial charge on any atom is -0.478 e. The van der Waals surface area contributed by atoms with Gasteiger partial charge < -0.3 is 9.47 Å². The standard InChI is InChI=1S/C22H18N2O3S/c1-14-7-9-28-20(14)10-19-21(25)16-5-6-18-17(22(16)27-19)12-24(13-26-18)11-15-4-2-3-8-23-15/h2-10H,11-13H2,1H3/b19-10-.